The largest absolute Gasteiger partial charge is 0.384 e. The van der Waals surface area contributed by atoms with Crippen molar-refractivity contribution in [1.29, 1.82) is 0 Å². The van der Waals surface area contributed by atoms with E-state index in [1.54, 1.807) is 49.9 Å². The van der Waals surface area contributed by atoms with E-state index in [4.69, 9.17) is 9.72 Å². The summed E-state index contributed by atoms with van der Waals surface area (Å²) in [5.41, 5.74) is 2.93. The quantitative estimate of drug-likeness (QED) is 0.337. The first kappa shape index (κ1) is 24.8. The highest BCUT2D eigenvalue weighted by Gasteiger charge is 2.22. The number of anilines is 2. The van der Waals surface area contributed by atoms with Gasteiger partial charge in [0.05, 0.1) is 18.8 Å². The molecule has 0 bridgehead atoms. The lowest BCUT2D eigenvalue weighted by atomic mass is 10.1. The number of allylic oxidation sites excluding steroid dienone is 1. The first-order valence-electron chi connectivity index (χ1n) is 12.2. The van der Waals surface area contributed by atoms with Gasteiger partial charge in [-0.2, -0.15) is 4.98 Å². The normalized spacial score (nSPS) is 13.7. The van der Waals surface area contributed by atoms with Crippen molar-refractivity contribution in [3.05, 3.63) is 82.4 Å². The number of rotatable bonds is 9. The van der Waals surface area contributed by atoms with Crippen molar-refractivity contribution < 1.29 is 9.84 Å². The highest BCUT2D eigenvalue weighted by atomic mass is 16.5. The van der Waals surface area contributed by atoms with Crippen LogP contribution in [0.3, 0.4) is 0 Å². The van der Waals surface area contributed by atoms with Crippen LogP contribution in [0.5, 0.6) is 0 Å². The van der Waals surface area contributed by atoms with Gasteiger partial charge in [-0.05, 0) is 49.2 Å². The van der Waals surface area contributed by atoms with Crippen LogP contribution >= 0.6 is 0 Å². The van der Waals surface area contributed by atoms with Crippen LogP contribution in [0.15, 0.2) is 60.0 Å². The Labute approximate surface area is 214 Å². The number of fused-ring (bicyclic) bond motifs is 2. The lowest BCUT2D eigenvalue weighted by Gasteiger charge is -2.18. The molecule has 0 atom stereocenters. The summed E-state index contributed by atoms with van der Waals surface area (Å²) < 4.78 is 8.37. The number of methoxy groups -OCH3 is 1. The van der Waals surface area contributed by atoms with Gasteiger partial charge in [0.1, 0.15) is 11.0 Å². The maximum atomic E-state index is 13.2. The second-order valence-corrected chi connectivity index (χ2v) is 9.67. The molecule has 1 aromatic carbocycles. The van der Waals surface area contributed by atoms with E-state index in [1.807, 2.05) is 6.07 Å². The van der Waals surface area contributed by atoms with Crippen molar-refractivity contribution in [2.24, 2.45) is 0 Å². The highest BCUT2D eigenvalue weighted by Crippen LogP contribution is 2.27. The Hall–Kier alpha value is -3.86. The molecular formula is C27H31N7O3. The summed E-state index contributed by atoms with van der Waals surface area (Å²) in [6.45, 7) is 10.7. The topological polar surface area (TPSA) is 110 Å². The van der Waals surface area contributed by atoms with Crippen molar-refractivity contribution in [3.8, 4) is 5.82 Å². The Morgan fingerprint density at radius 1 is 1.19 bits per heavy atom. The maximum Gasteiger partial charge on any atom is 0.278 e. The molecule has 2 N–H and O–H groups in total. The molecule has 0 unspecified atom stereocenters. The molecule has 10 heteroatoms. The fourth-order valence-corrected chi connectivity index (χ4v) is 4.54. The number of benzene rings is 1. The van der Waals surface area contributed by atoms with E-state index in [1.165, 1.54) is 22.0 Å². The summed E-state index contributed by atoms with van der Waals surface area (Å²) in [6, 6.07) is 11.6. The number of nitrogens with one attached hydrogen (secondary N) is 1. The minimum Gasteiger partial charge on any atom is -0.384 e. The number of hydrogen-bond acceptors (Lipinski definition) is 8. The van der Waals surface area contributed by atoms with Crippen LogP contribution in [0.25, 0.3) is 16.9 Å². The summed E-state index contributed by atoms with van der Waals surface area (Å²) in [5.74, 6) is 0.830. The molecule has 4 heterocycles. The lowest BCUT2D eigenvalue weighted by Crippen LogP contribution is -2.23. The molecular weight excluding hydrogens is 470 g/mol. The molecule has 4 aromatic rings. The van der Waals surface area contributed by atoms with Gasteiger partial charge in [0.15, 0.2) is 11.5 Å². The van der Waals surface area contributed by atoms with Crippen molar-refractivity contribution in [2.45, 2.75) is 39.1 Å². The molecule has 0 fully saturated rings. The number of hydrogen-bond donors (Lipinski definition) is 2. The molecule has 5 rings (SSSR count). The fourth-order valence-electron chi connectivity index (χ4n) is 4.54. The van der Waals surface area contributed by atoms with Crippen LogP contribution in [0.1, 0.15) is 30.7 Å². The van der Waals surface area contributed by atoms with Crippen molar-refractivity contribution in [3.63, 3.8) is 0 Å². The van der Waals surface area contributed by atoms with E-state index in [2.05, 4.69) is 38.9 Å². The Kier molecular flexibility index (Phi) is 6.63. The molecule has 0 saturated heterocycles. The van der Waals surface area contributed by atoms with Gasteiger partial charge in [0.2, 0.25) is 5.95 Å². The van der Waals surface area contributed by atoms with Gasteiger partial charge >= 0.3 is 0 Å². The van der Waals surface area contributed by atoms with E-state index in [0.29, 0.717) is 35.1 Å². The SMILES string of the molecule is C=CCn1c(=O)c2cnc(Nc3ccc4c(c3)CN(CCOC)C4)nc2n1-c1cccc(C(C)(C)O)n1. The molecule has 1 aliphatic heterocycles. The van der Waals surface area contributed by atoms with E-state index in [9.17, 15) is 9.90 Å². The molecule has 0 saturated carbocycles. The predicted octanol–water partition coefficient (Wildman–Crippen LogP) is 3.10. The smallest absolute Gasteiger partial charge is 0.278 e. The van der Waals surface area contributed by atoms with Gasteiger partial charge in [-0.1, -0.05) is 18.2 Å². The van der Waals surface area contributed by atoms with Gasteiger partial charge in [0, 0.05) is 38.6 Å². The number of aliphatic hydroxyl groups is 1. The van der Waals surface area contributed by atoms with Crippen LogP contribution in [0, 0.1) is 0 Å². The highest BCUT2D eigenvalue weighted by molar-refractivity contribution is 5.77. The Balaban J connectivity index is 1.52. The predicted molar refractivity (Wildman–Crippen MR) is 142 cm³/mol. The standard InChI is InChI=1S/C27H31N7O3/c1-5-11-33-25(35)21-15-28-26(29-20-10-9-18-16-32(12-13-37-4)17-19(18)14-20)31-24(21)34(33)23-8-6-7-22(30-23)27(2,3)36/h5-10,14-15,36H,1,11-13,16-17H2,2-4H3,(H,28,29,31). The molecule has 0 radical (unpaired) electrons. The summed E-state index contributed by atoms with van der Waals surface area (Å²) in [5, 5.41) is 14.1. The molecule has 0 amide bonds. The van der Waals surface area contributed by atoms with Crippen molar-refractivity contribution in [1.82, 2.24) is 29.2 Å². The number of aromatic nitrogens is 5. The lowest BCUT2D eigenvalue weighted by molar-refractivity contribution is 0.0738. The second-order valence-electron chi connectivity index (χ2n) is 9.67. The number of nitrogens with zero attached hydrogens (tertiary/aromatic N) is 6. The number of ether oxygens (including phenoxy) is 1. The zero-order chi connectivity index (χ0) is 26.2. The van der Waals surface area contributed by atoms with Gasteiger partial charge in [-0.25, -0.2) is 19.3 Å². The minimum absolute atomic E-state index is 0.245. The van der Waals surface area contributed by atoms with Crippen LogP contribution < -0.4 is 10.9 Å². The Bertz CT molecular complexity index is 1520. The molecule has 0 spiro atoms. The van der Waals surface area contributed by atoms with Gasteiger partial charge in [-0.3, -0.25) is 9.69 Å². The Morgan fingerprint density at radius 3 is 2.76 bits per heavy atom. The zero-order valence-electron chi connectivity index (χ0n) is 21.3. The van der Waals surface area contributed by atoms with E-state index in [0.717, 1.165) is 25.3 Å². The van der Waals surface area contributed by atoms with Crippen molar-refractivity contribution >= 4 is 22.7 Å². The summed E-state index contributed by atoms with van der Waals surface area (Å²) >= 11 is 0. The fraction of sp³-hybridized carbons (Fsp3) is 0.333. The van der Waals surface area contributed by atoms with Gasteiger partial charge in [-0.15, -0.1) is 6.58 Å². The monoisotopic (exact) mass is 501 g/mol. The third kappa shape index (κ3) is 4.91. The average Bonchev–Trinajstić information content (AvgIpc) is 3.40. The number of pyridine rings is 1. The third-order valence-corrected chi connectivity index (χ3v) is 6.42. The Morgan fingerprint density at radius 2 is 2.00 bits per heavy atom. The van der Waals surface area contributed by atoms with Crippen LogP contribution in [-0.2, 0) is 30.0 Å². The first-order valence-corrected chi connectivity index (χ1v) is 12.2. The molecule has 10 nitrogen and oxygen atoms in total. The molecule has 37 heavy (non-hydrogen) atoms. The van der Waals surface area contributed by atoms with Gasteiger partial charge in [0.25, 0.3) is 5.56 Å². The zero-order valence-corrected chi connectivity index (χ0v) is 21.3. The maximum absolute atomic E-state index is 13.2. The average molecular weight is 502 g/mol. The van der Waals surface area contributed by atoms with E-state index >= 15 is 0 Å². The van der Waals surface area contributed by atoms with Gasteiger partial charge < -0.3 is 15.2 Å². The van der Waals surface area contributed by atoms with E-state index in [-0.39, 0.29) is 12.1 Å². The third-order valence-electron chi connectivity index (χ3n) is 6.42. The van der Waals surface area contributed by atoms with Crippen LogP contribution in [0.2, 0.25) is 0 Å². The summed E-state index contributed by atoms with van der Waals surface area (Å²) in [4.78, 5) is 29.3. The van der Waals surface area contributed by atoms with Crippen molar-refractivity contribution in [2.75, 3.05) is 25.6 Å². The first-order chi connectivity index (χ1) is 17.8. The van der Waals surface area contributed by atoms with E-state index < -0.39 is 5.60 Å². The van der Waals surface area contributed by atoms with Crippen LogP contribution in [-0.4, -0.2) is 54.6 Å². The summed E-state index contributed by atoms with van der Waals surface area (Å²) in [7, 11) is 1.72. The molecule has 1 aliphatic rings. The molecule has 3 aromatic heterocycles. The van der Waals surface area contributed by atoms with Crippen LogP contribution in [0.4, 0.5) is 11.6 Å². The molecule has 192 valence electrons. The summed E-state index contributed by atoms with van der Waals surface area (Å²) in [6.07, 6.45) is 3.17. The second kappa shape index (κ2) is 9.89. The molecule has 0 aliphatic carbocycles. The minimum atomic E-state index is -1.14.